The van der Waals surface area contributed by atoms with E-state index < -0.39 is 12.2 Å². The quantitative estimate of drug-likeness (QED) is 0.758. The van der Waals surface area contributed by atoms with E-state index >= 15 is 0 Å². The maximum Gasteiger partial charge on any atom is 0.267 e. The number of para-hydroxylation sites is 1. The molecule has 0 aliphatic carbocycles. The van der Waals surface area contributed by atoms with Crippen molar-refractivity contribution in [2.24, 2.45) is 0 Å². The second-order valence-corrected chi connectivity index (χ2v) is 2.86. The summed E-state index contributed by atoms with van der Waals surface area (Å²) in [5, 5.41) is 9.39. The number of carbonyl (C=O) groups excluding carboxylic acids is 1. The fraction of sp³-hybridized carbons (Fsp3) is 0.300. The van der Waals surface area contributed by atoms with E-state index in [9.17, 15) is 18.7 Å². The van der Waals surface area contributed by atoms with E-state index in [0.717, 1.165) is 0 Å². The Labute approximate surface area is 80.2 Å². The number of phenols is 1. The summed E-state index contributed by atoms with van der Waals surface area (Å²) in [7, 11) is 0. The summed E-state index contributed by atoms with van der Waals surface area (Å²) in [6, 6.07) is 4.15. The van der Waals surface area contributed by atoms with E-state index in [1.165, 1.54) is 18.2 Å². The zero-order valence-corrected chi connectivity index (χ0v) is 7.41. The lowest BCUT2D eigenvalue weighted by molar-refractivity contribution is -0.107. The summed E-state index contributed by atoms with van der Waals surface area (Å²) in [5.74, 6) is -0.399. The highest BCUT2D eigenvalue weighted by Crippen LogP contribution is 2.31. The summed E-state index contributed by atoms with van der Waals surface area (Å²) in [5.41, 5.74) is 0.00305. The fourth-order valence-electron chi connectivity index (χ4n) is 1.20. The summed E-state index contributed by atoms with van der Waals surface area (Å²) in [4.78, 5) is 10.1. The first-order valence-electron chi connectivity index (χ1n) is 4.19. The second-order valence-electron chi connectivity index (χ2n) is 2.86. The number of hydrogen-bond donors (Lipinski definition) is 1. The Morgan fingerprint density at radius 3 is 2.71 bits per heavy atom. The molecule has 14 heavy (non-hydrogen) atoms. The van der Waals surface area contributed by atoms with Gasteiger partial charge in [0.25, 0.3) is 6.43 Å². The van der Waals surface area contributed by atoms with Crippen LogP contribution in [0.4, 0.5) is 8.78 Å². The summed E-state index contributed by atoms with van der Waals surface area (Å²) >= 11 is 0. The molecule has 1 rings (SSSR count). The van der Waals surface area contributed by atoms with Gasteiger partial charge in [-0.3, -0.25) is 0 Å². The van der Waals surface area contributed by atoms with Gasteiger partial charge in [0.05, 0.1) is 5.56 Å². The standard InChI is InChI=1S/C10H10F2O2/c11-10(12)8-5-1-3-7(9(8)14)4-2-6-13/h1,3,5-6,10,14H,2,4H2. The molecule has 0 spiro atoms. The van der Waals surface area contributed by atoms with Crippen LogP contribution in [0, 0.1) is 0 Å². The molecule has 0 atom stereocenters. The summed E-state index contributed by atoms with van der Waals surface area (Å²) in [6.07, 6.45) is -1.49. The third kappa shape index (κ3) is 2.28. The molecule has 0 saturated carbocycles. The zero-order valence-electron chi connectivity index (χ0n) is 7.41. The lowest BCUT2D eigenvalue weighted by Crippen LogP contribution is -1.92. The van der Waals surface area contributed by atoms with E-state index in [4.69, 9.17) is 0 Å². The van der Waals surface area contributed by atoms with Crippen LogP contribution in [-0.2, 0) is 11.2 Å². The van der Waals surface area contributed by atoms with Gasteiger partial charge in [0.2, 0.25) is 0 Å². The number of aldehydes is 1. The van der Waals surface area contributed by atoms with Gasteiger partial charge in [0.1, 0.15) is 12.0 Å². The highest BCUT2D eigenvalue weighted by atomic mass is 19.3. The van der Waals surface area contributed by atoms with E-state index in [1.807, 2.05) is 0 Å². The minimum Gasteiger partial charge on any atom is -0.507 e. The molecule has 0 bridgehead atoms. The van der Waals surface area contributed by atoms with Gasteiger partial charge in [0, 0.05) is 6.42 Å². The summed E-state index contributed by atoms with van der Waals surface area (Å²) < 4.78 is 24.6. The number of aromatic hydroxyl groups is 1. The van der Waals surface area contributed by atoms with Crippen LogP contribution in [0.5, 0.6) is 5.75 Å². The Balaban J connectivity index is 2.95. The molecule has 0 fully saturated rings. The Bertz CT molecular complexity index is 324. The van der Waals surface area contributed by atoms with Crippen LogP contribution >= 0.6 is 0 Å². The van der Waals surface area contributed by atoms with Crippen molar-refractivity contribution in [2.75, 3.05) is 0 Å². The van der Waals surface area contributed by atoms with Crippen molar-refractivity contribution in [3.63, 3.8) is 0 Å². The van der Waals surface area contributed by atoms with E-state index in [0.29, 0.717) is 11.8 Å². The first kappa shape index (κ1) is 10.6. The molecule has 0 aliphatic rings. The normalized spacial score (nSPS) is 10.5. The third-order valence-corrected chi connectivity index (χ3v) is 1.92. The second kappa shape index (κ2) is 4.69. The maximum absolute atomic E-state index is 12.3. The SMILES string of the molecule is O=CCCc1cccc(C(F)F)c1O. The van der Waals surface area contributed by atoms with E-state index in [-0.39, 0.29) is 18.4 Å². The van der Waals surface area contributed by atoms with E-state index in [2.05, 4.69) is 0 Å². The number of alkyl halides is 2. The number of hydrogen-bond acceptors (Lipinski definition) is 2. The van der Waals surface area contributed by atoms with Gasteiger partial charge in [-0.2, -0.15) is 0 Å². The molecule has 4 heteroatoms. The number of carbonyl (C=O) groups is 1. The van der Waals surface area contributed by atoms with Crippen molar-refractivity contribution in [2.45, 2.75) is 19.3 Å². The number of rotatable bonds is 4. The van der Waals surface area contributed by atoms with Crippen LogP contribution in [0.25, 0.3) is 0 Å². The molecule has 76 valence electrons. The van der Waals surface area contributed by atoms with E-state index in [1.54, 1.807) is 0 Å². The smallest absolute Gasteiger partial charge is 0.267 e. The number of aryl methyl sites for hydroxylation is 1. The van der Waals surface area contributed by atoms with Crippen molar-refractivity contribution in [1.29, 1.82) is 0 Å². The first-order valence-corrected chi connectivity index (χ1v) is 4.19. The number of halogens is 2. The monoisotopic (exact) mass is 200 g/mol. The zero-order chi connectivity index (χ0) is 10.6. The molecule has 0 amide bonds. The average Bonchev–Trinajstić information content (AvgIpc) is 2.16. The van der Waals surface area contributed by atoms with Crippen LogP contribution in [-0.4, -0.2) is 11.4 Å². The Morgan fingerprint density at radius 1 is 1.43 bits per heavy atom. The lowest BCUT2D eigenvalue weighted by Gasteiger charge is -2.07. The molecule has 1 aromatic carbocycles. The Hall–Kier alpha value is -1.45. The highest BCUT2D eigenvalue weighted by molar-refractivity contribution is 5.51. The number of phenolic OH excluding ortho intramolecular Hbond substituents is 1. The fourth-order valence-corrected chi connectivity index (χ4v) is 1.20. The van der Waals surface area contributed by atoms with Gasteiger partial charge in [-0.1, -0.05) is 12.1 Å². The molecule has 1 N–H and O–H groups in total. The van der Waals surface area contributed by atoms with Crippen molar-refractivity contribution in [1.82, 2.24) is 0 Å². The molecule has 0 aliphatic heterocycles. The maximum atomic E-state index is 12.3. The molecule has 0 heterocycles. The topological polar surface area (TPSA) is 37.3 Å². The van der Waals surface area contributed by atoms with Crippen LogP contribution in [0.15, 0.2) is 18.2 Å². The van der Waals surface area contributed by atoms with Crippen molar-refractivity contribution in [3.8, 4) is 5.75 Å². The van der Waals surface area contributed by atoms with Gasteiger partial charge in [-0.15, -0.1) is 0 Å². The van der Waals surface area contributed by atoms with Crippen molar-refractivity contribution in [3.05, 3.63) is 29.3 Å². The van der Waals surface area contributed by atoms with Gasteiger partial charge in [-0.25, -0.2) is 8.78 Å². The van der Waals surface area contributed by atoms with Gasteiger partial charge < -0.3 is 9.90 Å². The van der Waals surface area contributed by atoms with Gasteiger partial charge in [0.15, 0.2) is 0 Å². The van der Waals surface area contributed by atoms with Gasteiger partial charge >= 0.3 is 0 Å². The van der Waals surface area contributed by atoms with Crippen molar-refractivity contribution < 1.29 is 18.7 Å². The van der Waals surface area contributed by atoms with Crippen LogP contribution < -0.4 is 0 Å². The molecular weight excluding hydrogens is 190 g/mol. The Kier molecular flexibility index (Phi) is 3.56. The highest BCUT2D eigenvalue weighted by Gasteiger charge is 2.14. The average molecular weight is 200 g/mol. The minimum atomic E-state index is -2.69. The summed E-state index contributed by atoms with van der Waals surface area (Å²) in [6.45, 7) is 0. The molecule has 0 saturated heterocycles. The molecule has 1 aromatic rings. The lowest BCUT2D eigenvalue weighted by atomic mass is 10.1. The first-order chi connectivity index (χ1) is 6.66. The predicted molar refractivity (Wildman–Crippen MR) is 47.4 cm³/mol. The Morgan fingerprint density at radius 2 is 2.14 bits per heavy atom. The molecule has 0 unspecified atom stereocenters. The molecular formula is C10H10F2O2. The third-order valence-electron chi connectivity index (χ3n) is 1.92. The number of benzene rings is 1. The molecule has 0 aromatic heterocycles. The van der Waals surface area contributed by atoms with Crippen LogP contribution in [0.1, 0.15) is 24.0 Å². The van der Waals surface area contributed by atoms with Crippen molar-refractivity contribution >= 4 is 6.29 Å². The molecule has 0 radical (unpaired) electrons. The molecule has 2 nitrogen and oxygen atoms in total. The minimum absolute atomic E-state index is 0.222. The van der Waals surface area contributed by atoms with Crippen LogP contribution in [0.3, 0.4) is 0 Å². The predicted octanol–water partition coefficient (Wildman–Crippen LogP) is 2.46. The van der Waals surface area contributed by atoms with Gasteiger partial charge in [-0.05, 0) is 18.1 Å². The van der Waals surface area contributed by atoms with Crippen LogP contribution in [0.2, 0.25) is 0 Å². The largest absolute Gasteiger partial charge is 0.507 e.